The molecule has 0 saturated carbocycles. The van der Waals surface area contributed by atoms with Crippen molar-refractivity contribution in [3.63, 3.8) is 0 Å². The van der Waals surface area contributed by atoms with E-state index in [2.05, 4.69) is 0 Å². The maximum atomic E-state index is 13.5. The Balaban J connectivity index is 1.88. The predicted molar refractivity (Wildman–Crippen MR) is 115 cm³/mol. The molecule has 29 heavy (non-hydrogen) atoms. The summed E-state index contributed by atoms with van der Waals surface area (Å²) < 4.78 is 27.7. The number of sulfonamides is 1. The molecule has 5 nitrogen and oxygen atoms in total. The van der Waals surface area contributed by atoms with Crippen LogP contribution in [-0.4, -0.2) is 14.4 Å². The lowest BCUT2D eigenvalue weighted by Gasteiger charge is -2.37. The van der Waals surface area contributed by atoms with Crippen LogP contribution in [0, 0.1) is 0 Å². The molecule has 0 N–H and O–H groups in total. The maximum absolute atomic E-state index is 13.5. The SMILES string of the molecule is CCc1ccccc1N1C(=O)N(Cc2ccc(Cl)cc2)c2ccccc2S1(=O)=O. The average molecular weight is 427 g/mol. The highest BCUT2D eigenvalue weighted by atomic mass is 35.5. The third-order valence-electron chi connectivity index (χ3n) is 4.92. The van der Waals surface area contributed by atoms with E-state index in [0.717, 1.165) is 15.4 Å². The Kier molecular flexibility index (Phi) is 5.06. The van der Waals surface area contributed by atoms with Crippen molar-refractivity contribution in [3.05, 3.63) is 88.9 Å². The molecule has 0 saturated heterocycles. The maximum Gasteiger partial charge on any atom is 0.343 e. The van der Waals surface area contributed by atoms with Crippen molar-refractivity contribution in [1.82, 2.24) is 0 Å². The van der Waals surface area contributed by atoms with Crippen LogP contribution in [0.5, 0.6) is 0 Å². The van der Waals surface area contributed by atoms with Gasteiger partial charge in [0.05, 0.1) is 17.9 Å². The summed E-state index contributed by atoms with van der Waals surface area (Å²) in [6, 6.07) is 20.2. The summed E-state index contributed by atoms with van der Waals surface area (Å²) in [5.74, 6) is 0. The van der Waals surface area contributed by atoms with Crippen molar-refractivity contribution in [2.24, 2.45) is 0 Å². The fourth-order valence-corrected chi connectivity index (χ4v) is 5.23. The van der Waals surface area contributed by atoms with Crippen LogP contribution in [0.15, 0.2) is 77.7 Å². The van der Waals surface area contributed by atoms with Gasteiger partial charge in [0.1, 0.15) is 4.90 Å². The zero-order valence-corrected chi connectivity index (χ0v) is 17.3. The number of hydrogen-bond donors (Lipinski definition) is 0. The summed E-state index contributed by atoms with van der Waals surface area (Å²) in [6.07, 6.45) is 0.605. The average Bonchev–Trinajstić information content (AvgIpc) is 2.73. The molecule has 0 atom stereocenters. The molecule has 0 aromatic heterocycles. The predicted octanol–water partition coefficient (Wildman–Crippen LogP) is 5.24. The first-order valence-corrected chi connectivity index (χ1v) is 11.0. The van der Waals surface area contributed by atoms with Crippen LogP contribution in [0.2, 0.25) is 5.02 Å². The highest BCUT2D eigenvalue weighted by molar-refractivity contribution is 7.94. The minimum Gasteiger partial charge on any atom is -0.287 e. The standard InChI is InChI=1S/C22H19ClN2O3S/c1-2-17-7-3-4-8-19(17)25-22(26)24(15-16-11-13-18(23)14-12-16)20-9-5-6-10-21(20)29(25,27)28/h3-14H,2,15H2,1H3. The number of carbonyl (C=O) groups is 1. The molecule has 3 aromatic rings. The summed E-state index contributed by atoms with van der Waals surface area (Å²) in [4.78, 5) is 15.1. The van der Waals surface area contributed by atoms with Crippen LogP contribution in [0.1, 0.15) is 18.1 Å². The molecule has 148 valence electrons. The first-order chi connectivity index (χ1) is 13.9. The second-order valence-electron chi connectivity index (χ2n) is 6.71. The summed E-state index contributed by atoms with van der Waals surface area (Å²) in [6.45, 7) is 2.16. The molecule has 0 spiro atoms. The van der Waals surface area contributed by atoms with Crippen LogP contribution >= 0.6 is 11.6 Å². The van der Waals surface area contributed by atoms with Crippen molar-refractivity contribution in [3.8, 4) is 0 Å². The van der Waals surface area contributed by atoms with Gasteiger partial charge < -0.3 is 0 Å². The molecule has 7 heteroatoms. The first kappa shape index (κ1) is 19.5. The molecule has 1 aliphatic rings. The number of rotatable bonds is 4. The van der Waals surface area contributed by atoms with Crippen molar-refractivity contribution in [2.45, 2.75) is 24.8 Å². The Hall–Kier alpha value is -2.83. The number of para-hydroxylation sites is 2. The van der Waals surface area contributed by atoms with Gasteiger partial charge in [-0.15, -0.1) is 0 Å². The van der Waals surface area contributed by atoms with Crippen LogP contribution in [-0.2, 0) is 23.0 Å². The van der Waals surface area contributed by atoms with Crippen LogP contribution in [0.4, 0.5) is 16.2 Å². The van der Waals surface area contributed by atoms with Crippen molar-refractivity contribution < 1.29 is 13.2 Å². The minimum absolute atomic E-state index is 0.111. The number of anilines is 2. The number of amides is 2. The lowest BCUT2D eigenvalue weighted by atomic mass is 10.1. The van der Waals surface area contributed by atoms with E-state index in [4.69, 9.17) is 11.6 Å². The number of nitrogens with zero attached hydrogens (tertiary/aromatic N) is 2. The highest BCUT2D eigenvalue weighted by Crippen LogP contribution is 2.39. The van der Waals surface area contributed by atoms with E-state index in [1.807, 2.05) is 31.2 Å². The Labute approximate surface area is 175 Å². The van der Waals surface area contributed by atoms with Gasteiger partial charge in [-0.1, -0.05) is 61.0 Å². The number of carbonyl (C=O) groups excluding carboxylic acids is 1. The molecule has 0 aliphatic carbocycles. The smallest absolute Gasteiger partial charge is 0.287 e. The lowest BCUT2D eigenvalue weighted by Crippen LogP contribution is -2.51. The van der Waals surface area contributed by atoms with E-state index in [9.17, 15) is 13.2 Å². The van der Waals surface area contributed by atoms with Gasteiger partial charge in [0.25, 0.3) is 10.0 Å². The molecule has 3 aromatic carbocycles. The molecule has 0 unspecified atom stereocenters. The number of aryl methyl sites for hydroxylation is 1. The van der Waals surface area contributed by atoms with Gasteiger partial charge in [-0.2, -0.15) is 4.31 Å². The third kappa shape index (κ3) is 3.39. The zero-order valence-electron chi connectivity index (χ0n) is 15.7. The van der Waals surface area contributed by atoms with Crippen LogP contribution in [0.25, 0.3) is 0 Å². The van der Waals surface area contributed by atoms with Gasteiger partial charge in [-0.05, 0) is 47.9 Å². The Morgan fingerprint density at radius 3 is 2.17 bits per heavy atom. The van der Waals surface area contributed by atoms with E-state index >= 15 is 0 Å². The van der Waals surface area contributed by atoms with E-state index in [0.29, 0.717) is 22.8 Å². The zero-order chi connectivity index (χ0) is 20.6. The minimum atomic E-state index is -4.03. The van der Waals surface area contributed by atoms with Crippen molar-refractivity contribution >= 4 is 39.0 Å². The highest BCUT2D eigenvalue weighted by Gasteiger charge is 2.42. The summed E-state index contributed by atoms with van der Waals surface area (Å²) in [5.41, 5.74) is 2.39. The topological polar surface area (TPSA) is 57.7 Å². The second kappa shape index (κ2) is 7.54. The van der Waals surface area contributed by atoms with Gasteiger partial charge in [0, 0.05) is 5.02 Å². The number of hydrogen-bond acceptors (Lipinski definition) is 3. The van der Waals surface area contributed by atoms with Crippen LogP contribution in [0.3, 0.4) is 0 Å². The molecule has 0 fully saturated rings. The normalized spacial score (nSPS) is 15.3. The molecular formula is C22H19ClN2O3S. The first-order valence-electron chi connectivity index (χ1n) is 9.21. The molecule has 1 aliphatic heterocycles. The number of urea groups is 1. The number of benzene rings is 3. The van der Waals surface area contributed by atoms with Crippen molar-refractivity contribution in [2.75, 3.05) is 9.21 Å². The fourth-order valence-electron chi connectivity index (χ4n) is 3.48. The van der Waals surface area contributed by atoms with E-state index < -0.39 is 16.1 Å². The van der Waals surface area contributed by atoms with Crippen molar-refractivity contribution in [1.29, 1.82) is 0 Å². The van der Waals surface area contributed by atoms with E-state index in [-0.39, 0.29) is 11.4 Å². The molecule has 4 rings (SSSR count). The second-order valence-corrected chi connectivity index (χ2v) is 8.91. The molecule has 0 bridgehead atoms. The van der Waals surface area contributed by atoms with Gasteiger partial charge in [-0.25, -0.2) is 13.2 Å². The molecule has 2 amide bonds. The number of fused-ring (bicyclic) bond motifs is 1. The van der Waals surface area contributed by atoms with Gasteiger partial charge in [-0.3, -0.25) is 4.90 Å². The Morgan fingerprint density at radius 1 is 0.862 bits per heavy atom. The summed E-state index contributed by atoms with van der Waals surface area (Å²) >= 11 is 5.97. The van der Waals surface area contributed by atoms with Gasteiger partial charge >= 0.3 is 6.03 Å². The quantitative estimate of drug-likeness (QED) is 0.573. The Morgan fingerprint density at radius 2 is 1.48 bits per heavy atom. The van der Waals surface area contributed by atoms with E-state index in [1.165, 1.54) is 11.0 Å². The summed E-state index contributed by atoms with van der Waals surface area (Å²) in [5, 5.41) is 0.597. The fraction of sp³-hybridized carbons (Fsp3) is 0.136. The Bertz CT molecular complexity index is 1180. The monoisotopic (exact) mass is 426 g/mol. The number of halogens is 1. The summed E-state index contributed by atoms with van der Waals surface area (Å²) in [7, 11) is -4.03. The lowest BCUT2D eigenvalue weighted by molar-refractivity contribution is 0.253. The largest absolute Gasteiger partial charge is 0.343 e. The third-order valence-corrected chi connectivity index (χ3v) is 6.91. The van der Waals surface area contributed by atoms with E-state index in [1.54, 1.807) is 42.5 Å². The van der Waals surface area contributed by atoms with Gasteiger partial charge in [0.2, 0.25) is 0 Å². The molecule has 0 radical (unpaired) electrons. The van der Waals surface area contributed by atoms with Crippen LogP contribution < -0.4 is 9.21 Å². The molecular weight excluding hydrogens is 408 g/mol. The van der Waals surface area contributed by atoms with Gasteiger partial charge in [0.15, 0.2) is 0 Å². The molecule has 1 heterocycles.